The first-order chi connectivity index (χ1) is 17.8. The van der Waals surface area contributed by atoms with Crippen LogP contribution in [0.5, 0.6) is 0 Å². The molecule has 4 atom stereocenters. The van der Waals surface area contributed by atoms with Crippen molar-refractivity contribution >= 4 is 29.2 Å². The number of aliphatic carboxylic acids is 1. The summed E-state index contributed by atoms with van der Waals surface area (Å²) in [5, 5.41) is 10.7. The van der Waals surface area contributed by atoms with E-state index >= 15 is 0 Å². The van der Waals surface area contributed by atoms with Crippen molar-refractivity contribution in [3.8, 4) is 0 Å². The maximum absolute atomic E-state index is 12.8. The van der Waals surface area contributed by atoms with Crippen LogP contribution in [0.15, 0.2) is 30.0 Å². The van der Waals surface area contributed by atoms with Crippen LogP contribution in [0.1, 0.15) is 74.3 Å². The SMILES string of the molecule is COC(=O)N1C2=C(CC[C@@H]1C)c1nc(CC(C(=O)O)c3cccc(Cl)c3)n(C3CCCOC3)c1CC2C. The number of imidazole rings is 1. The predicted molar refractivity (Wildman–Crippen MR) is 140 cm³/mol. The second kappa shape index (κ2) is 10.5. The molecule has 1 amide bonds. The molecule has 2 aliphatic heterocycles. The third kappa shape index (κ3) is 4.77. The quantitative estimate of drug-likeness (QED) is 0.555. The Bertz CT molecular complexity index is 1230. The van der Waals surface area contributed by atoms with Gasteiger partial charge in [0.25, 0.3) is 0 Å². The van der Waals surface area contributed by atoms with Gasteiger partial charge in [-0.05, 0) is 62.3 Å². The molecule has 3 unspecified atom stereocenters. The number of benzene rings is 1. The van der Waals surface area contributed by atoms with Crippen molar-refractivity contribution in [2.45, 2.75) is 70.4 Å². The first-order valence-corrected chi connectivity index (χ1v) is 13.4. The molecule has 198 valence electrons. The van der Waals surface area contributed by atoms with Crippen LogP contribution in [0.4, 0.5) is 4.79 Å². The van der Waals surface area contributed by atoms with Crippen LogP contribution in [-0.2, 0) is 27.1 Å². The molecule has 1 saturated heterocycles. The molecule has 37 heavy (non-hydrogen) atoms. The van der Waals surface area contributed by atoms with Crippen LogP contribution in [0, 0.1) is 5.92 Å². The van der Waals surface area contributed by atoms with Crippen LogP contribution < -0.4 is 0 Å². The summed E-state index contributed by atoms with van der Waals surface area (Å²) in [7, 11) is 1.42. The smallest absolute Gasteiger partial charge is 0.414 e. The van der Waals surface area contributed by atoms with Crippen molar-refractivity contribution < 1.29 is 24.2 Å². The lowest BCUT2D eigenvalue weighted by Crippen LogP contribution is -2.44. The molecule has 2 aromatic rings. The fraction of sp³-hybridized carbons (Fsp3) is 0.536. The Morgan fingerprint density at radius 3 is 2.78 bits per heavy atom. The molecule has 0 radical (unpaired) electrons. The van der Waals surface area contributed by atoms with E-state index in [1.165, 1.54) is 7.11 Å². The van der Waals surface area contributed by atoms with Crippen LogP contribution in [0.25, 0.3) is 5.57 Å². The van der Waals surface area contributed by atoms with Gasteiger partial charge in [0.1, 0.15) is 5.82 Å². The molecule has 0 bridgehead atoms. The fourth-order valence-electron chi connectivity index (χ4n) is 6.24. The summed E-state index contributed by atoms with van der Waals surface area (Å²) < 4.78 is 13.3. The molecular weight excluding hydrogens is 494 g/mol. The molecule has 1 N–H and O–H groups in total. The van der Waals surface area contributed by atoms with E-state index in [1.54, 1.807) is 29.2 Å². The number of allylic oxidation sites excluding steroid dienone is 2. The minimum Gasteiger partial charge on any atom is -0.481 e. The number of hydrogen-bond acceptors (Lipinski definition) is 5. The van der Waals surface area contributed by atoms with Gasteiger partial charge in [-0.3, -0.25) is 9.69 Å². The van der Waals surface area contributed by atoms with Gasteiger partial charge in [0.05, 0.1) is 31.4 Å². The third-order valence-corrected chi connectivity index (χ3v) is 8.20. The van der Waals surface area contributed by atoms with Gasteiger partial charge in [0.15, 0.2) is 0 Å². The number of methoxy groups -OCH3 is 1. The Labute approximate surface area is 222 Å². The largest absolute Gasteiger partial charge is 0.481 e. The van der Waals surface area contributed by atoms with Crippen molar-refractivity contribution in [2.24, 2.45) is 5.92 Å². The van der Waals surface area contributed by atoms with E-state index in [9.17, 15) is 14.7 Å². The number of nitrogens with zero attached hydrogens (tertiary/aromatic N) is 3. The monoisotopic (exact) mass is 527 g/mol. The Morgan fingerprint density at radius 2 is 2.11 bits per heavy atom. The van der Waals surface area contributed by atoms with Crippen LogP contribution in [0.3, 0.4) is 0 Å². The number of amides is 1. The minimum absolute atomic E-state index is 0.0442. The Balaban J connectivity index is 1.63. The summed E-state index contributed by atoms with van der Waals surface area (Å²) in [6.07, 6.45) is 4.15. The Morgan fingerprint density at radius 1 is 1.30 bits per heavy atom. The summed E-state index contributed by atoms with van der Waals surface area (Å²) in [4.78, 5) is 32.1. The summed E-state index contributed by atoms with van der Waals surface area (Å²) in [6, 6.07) is 7.20. The van der Waals surface area contributed by atoms with E-state index in [0.717, 1.165) is 60.8 Å². The second-order valence-electron chi connectivity index (χ2n) is 10.4. The molecule has 0 spiro atoms. The number of carbonyl (C=O) groups excluding carboxylic acids is 1. The van der Waals surface area contributed by atoms with Crippen molar-refractivity contribution in [3.63, 3.8) is 0 Å². The number of carbonyl (C=O) groups is 2. The van der Waals surface area contributed by atoms with E-state index < -0.39 is 11.9 Å². The van der Waals surface area contributed by atoms with Gasteiger partial charge in [0.2, 0.25) is 0 Å². The van der Waals surface area contributed by atoms with Crippen LogP contribution in [-0.4, -0.2) is 58.0 Å². The van der Waals surface area contributed by atoms with E-state index in [0.29, 0.717) is 23.6 Å². The summed E-state index contributed by atoms with van der Waals surface area (Å²) in [5.41, 5.74) is 4.72. The van der Waals surface area contributed by atoms with Crippen LogP contribution in [0.2, 0.25) is 5.02 Å². The zero-order chi connectivity index (χ0) is 26.3. The molecule has 9 heteroatoms. The van der Waals surface area contributed by atoms with Gasteiger partial charge in [-0.25, -0.2) is 9.78 Å². The lowest BCUT2D eigenvalue weighted by Gasteiger charge is -2.41. The molecule has 0 saturated carbocycles. The molecule has 3 heterocycles. The second-order valence-corrected chi connectivity index (χ2v) is 10.8. The van der Waals surface area contributed by atoms with Crippen LogP contribution >= 0.6 is 11.6 Å². The van der Waals surface area contributed by atoms with Gasteiger partial charge in [0, 0.05) is 41.4 Å². The van der Waals surface area contributed by atoms with Crippen molar-refractivity contribution in [1.29, 1.82) is 0 Å². The maximum atomic E-state index is 12.8. The first kappa shape index (κ1) is 25.8. The van der Waals surface area contributed by atoms with E-state index in [1.807, 2.05) is 0 Å². The number of ether oxygens (including phenoxy) is 2. The van der Waals surface area contributed by atoms with Crippen molar-refractivity contribution in [1.82, 2.24) is 14.5 Å². The number of aromatic nitrogens is 2. The molecule has 1 aromatic heterocycles. The number of carboxylic acid groups (broad SMARTS) is 1. The van der Waals surface area contributed by atoms with Gasteiger partial charge < -0.3 is 19.1 Å². The first-order valence-electron chi connectivity index (χ1n) is 13.1. The zero-order valence-electron chi connectivity index (χ0n) is 21.6. The van der Waals surface area contributed by atoms with Gasteiger partial charge in [-0.15, -0.1) is 0 Å². The highest BCUT2D eigenvalue weighted by Gasteiger charge is 2.41. The number of hydrogen-bond donors (Lipinski definition) is 1. The molecule has 1 aromatic carbocycles. The summed E-state index contributed by atoms with van der Waals surface area (Å²) >= 11 is 6.21. The van der Waals surface area contributed by atoms with E-state index in [-0.39, 0.29) is 30.5 Å². The normalized spacial score (nSPS) is 24.3. The highest BCUT2D eigenvalue weighted by molar-refractivity contribution is 6.30. The topological polar surface area (TPSA) is 93.9 Å². The third-order valence-electron chi connectivity index (χ3n) is 7.97. The zero-order valence-corrected chi connectivity index (χ0v) is 22.3. The maximum Gasteiger partial charge on any atom is 0.414 e. The standard InChI is InChI=1S/C28H34ClN3O5/c1-16-12-23-25(21-10-9-17(2)31(26(16)21)28(35)36-3)30-24(32(23)20-8-5-11-37-15-20)14-22(27(33)34)18-6-4-7-19(29)13-18/h4,6-7,13,16-17,20,22H,5,8-12,14-15H2,1-3H3,(H,33,34)/t16?,17-,20?,22?/m0/s1. The lowest BCUT2D eigenvalue weighted by atomic mass is 9.82. The highest BCUT2D eigenvalue weighted by atomic mass is 35.5. The molecule has 8 nitrogen and oxygen atoms in total. The van der Waals surface area contributed by atoms with Crippen molar-refractivity contribution in [3.05, 3.63) is 57.8 Å². The summed E-state index contributed by atoms with van der Waals surface area (Å²) in [5.74, 6) is -0.849. The minimum atomic E-state index is -0.911. The number of rotatable bonds is 5. The fourth-order valence-corrected chi connectivity index (χ4v) is 6.44. The van der Waals surface area contributed by atoms with Gasteiger partial charge in [-0.2, -0.15) is 0 Å². The molecule has 1 fully saturated rings. The molecular formula is C28H34ClN3O5. The van der Waals surface area contributed by atoms with E-state index in [2.05, 4.69) is 18.4 Å². The van der Waals surface area contributed by atoms with Crippen molar-refractivity contribution in [2.75, 3.05) is 20.3 Å². The van der Waals surface area contributed by atoms with E-state index in [4.69, 9.17) is 26.1 Å². The average Bonchev–Trinajstić information content (AvgIpc) is 3.25. The highest BCUT2D eigenvalue weighted by Crippen LogP contribution is 2.45. The predicted octanol–water partition coefficient (Wildman–Crippen LogP) is 5.45. The number of fused-ring (bicyclic) bond motifs is 2. The average molecular weight is 528 g/mol. The number of halogens is 1. The number of carboxylic acids is 1. The van der Waals surface area contributed by atoms with Gasteiger partial charge in [-0.1, -0.05) is 30.7 Å². The lowest BCUT2D eigenvalue weighted by molar-refractivity contribution is -0.138. The summed E-state index contributed by atoms with van der Waals surface area (Å²) in [6.45, 7) is 5.51. The molecule has 5 rings (SSSR count). The Hall–Kier alpha value is -2.84. The Kier molecular flexibility index (Phi) is 7.32. The molecule has 3 aliphatic rings. The van der Waals surface area contributed by atoms with Gasteiger partial charge >= 0.3 is 12.1 Å². The molecule has 1 aliphatic carbocycles.